The molecule has 0 aromatic heterocycles. The molecule has 5 heteroatoms. The summed E-state index contributed by atoms with van der Waals surface area (Å²) < 4.78 is 0. The lowest BCUT2D eigenvalue weighted by molar-refractivity contribution is -0.137. The molecule has 116 valence electrons. The molecule has 0 spiro atoms. The van der Waals surface area contributed by atoms with Gasteiger partial charge in [0, 0.05) is 23.7 Å². The minimum absolute atomic E-state index is 0.208. The van der Waals surface area contributed by atoms with E-state index in [0.717, 1.165) is 64.3 Å². The average Bonchev–Trinajstić information content (AvgIpc) is 2.42. The zero-order valence-corrected chi connectivity index (χ0v) is 13.7. The topological polar surface area (TPSA) is 66.4 Å². The summed E-state index contributed by atoms with van der Waals surface area (Å²) in [5.74, 6) is -0.287. The first-order valence-corrected chi connectivity index (χ1v) is 8.64. The van der Waals surface area contributed by atoms with Crippen LogP contribution in [0.25, 0.3) is 0 Å². The Morgan fingerprint density at radius 1 is 1.00 bits per heavy atom. The Kier molecular flexibility index (Phi) is 8.90. The Hall–Kier alpha value is -0.580. The largest absolute Gasteiger partial charge is 0.481 e. The van der Waals surface area contributed by atoms with Crippen molar-refractivity contribution in [2.24, 2.45) is 5.92 Å². The van der Waals surface area contributed by atoms with E-state index >= 15 is 0 Å². The number of aliphatic carboxylic acids is 1. The third-order valence-corrected chi connectivity index (χ3v) is 4.81. The van der Waals surface area contributed by atoms with Crippen LogP contribution in [0.4, 0.5) is 0 Å². The van der Waals surface area contributed by atoms with Crippen LogP contribution in [0, 0.1) is 5.92 Å². The molecule has 0 aromatic rings. The van der Waals surface area contributed by atoms with Crippen molar-refractivity contribution < 1.29 is 14.7 Å². The number of halogens is 1. The predicted octanol–water partition coefficient (Wildman–Crippen LogP) is 3.48. The fourth-order valence-electron chi connectivity index (χ4n) is 2.60. The van der Waals surface area contributed by atoms with Crippen LogP contribution in [0.3, 0.4) is 0 Å². The second-order valence-electron chi connectivity index (χ2n) is 5.65. The molecule has 1 rings (SSSR count). The number of carboxylic acid groups (broad SMARTS) is 1. The Morgan fingerprint density at radius 3 is 2.25 bits per heavy atom. The first kappa shape index (κ1) is 17.5. The molecule has 1 aliphatic rings. The highest BCUT2D eigenvalue weighted by Gasteiger charge is 2.24. The molecule has 0 unspecified atom stereocenters. The Morgan fingerprint density at radius 2 is 1.60 bits per heavy atom. The van der Waals surface area contributed by atoms with Crippen molar-refractivity contribution in [1.82, 2.24) is 5.32 Å². The normalized spacial score (nSPS) is 22.4. The van der Waals surface area contributed by atoms with Crippen LogP contribution in [0.2, 0.25) is 0 Å². The van der Waals surface area contributed by atoms with E-state index in [1.54, 1.807) is 0 Å². The van der Waals surface area contributed by atoms with Gasteiger partial charge in [0.15, 0.2) is 0 Å². The van der Waals surface area contributed by atoms with Crippen molar-refractivity contribution in [2.45, 2.75) is 69.0 Å². The Balaban J connectivity index is 1.93. The lowest BCUT2D eigenvalue weighted by Gasteiger charge is -2.24. The van der Waals surface area contributed by atoms with E-state index in [2.05, 4.69) is 21.2 Å². The number of carboxylic acids is 1. The van der Waals surface area contributed by atoms with Gasteiger partial charge in [0.25, 0.3) is 0 Å². The molecule has 1 amide bonds. The lowest BCUT2D eigenvalue weighted by atomic mass is 9.88. The number of rotatable bonds is 9. The third kappa shape index (κ3) is 7.88. The van der Waals surface area contributed by atoms with Gasteiger partial charge in [-0.25, -0.2) is 0 Å². The van der Waals surface area contributed by atoms with Gasteiger partial charge in [-0.1, -0.05) is 35.2 Å². The third-order valence-electron chi connectivity index (χ3n) is 3.89. The summed E-state index contributed by atoms with van der Waals surface area (Å²) >= 11 is 3.60. The van der Waals surface area contributed by atoms with Gasteiger partial charge in [0.2, 0.25) is 5.91 Å². The van der Waals surface area contributed by atoms with Crippen LogP contribution < -0.4 is 5.32 Å². The first-order valence-electron chi connectivity index (χ1n) is 7.73. The van der Waals surface area contributed by atoms with E-state index in [9.17, 15) is 9.59 Å². The highest BCUT2D eigenvalue weighted by molar-refractivity contribution is 9.09. The molecule has 0 aliphatic heterocycles. The minimum atomic E-state index is -0.713. The summed E-state index contributed by atoms with van der Waals surface area (Å²) in [6, 6.07) is 0. The van der Waals surface area contributed by atoms with E-state index in [0.29, 0.717) is 4.83 Å². The number of hydrogen-bond acceptors (Lipinski definition) is 2. The monoisotopic (exact) mass is 347 g/mol. The minimum Gasteiger partial charge on any atom is -0.481 e. The number of nitrogens with one attached hydrogen (secondary N) is 1. The Bertz CT molecular complexity index is 301. The standard InChI is InChI=1S/C15H26BrNO3/c16-13-9-7-12(8-10-13)15(20)17-11-5-3-1-2-4-6-14(18)19/h12-13H,1-11H2,(H,17,20)(H,18,19). The van der Waals surface area contributed by atoms with Crippen LogP contribution in [0.5, 0.6) is 0 Å². The van der Waals surface area contributed by atoms with Gasteiger partial charge in [0.05, 0.1) is 0 Å². The van der Waals surface area contributed by atoms with E-state index in [-0.39, 0.29) is 18.2 Å². The van der Waals surface area contributed by atoms with Crippen LogP contribution in [0.1, 0.15) is 64.2 Å². The number of alkyl halides is 1. The number of hydrogen-bond donors (Lipinski definition) is 2. The van der Waals surface area contributed by atoms with E-state index < -0.39 is 5.97 Å². The predicted molar refractivity (Wildman–Crippen MR) is 83.0 cm³/mol. The summed E-state index contributed by atoms with van der Waals surface area (Å²) in [7, 11) is 0. The average molecular weight is 348 g/mol. The second kappa shape index (κ2) is 10.2. The maximum Gasteiger partial charge on any atom is 0.303 e. The Labute approximate surface area is 129 Å². The SMILES string of the molecule is O=C(O)CCCCCCCNC(=O)C1CCC(Br)CC1. The van der Waals surface area contributed by atoms with Gasteiger partial charge in [0.1, 0.15) is 0 Å². The molecule has 1 saturated carbocycles. The van der Waals surface area contributed by atoms with Crippen molar-refractivity contribution in [3.05, 3.63) is 0 Å². The molecule has 4 nitrogen and oxygen atoms in total. The summed E-state index contributed by atoms with van der Waals surface area (Å²) in [5, 5.41) is 11.5. The van der Waals surface area contributed by atoms with E-state index in [1.807, 2.05) is 0 Å². The van der Waals surface area contributed by atoms with Crippen molar-refractivity contribution >= 4 is 27.8 Å². The molecule has 1 fully saturated rings. The number of amides is 1. The second-order valence-corrected chi connectivity index (χ2v) is 6.95. The highest BCUT2D eigenvalue weighted by atomic mass is 79.9. The fourth-order valence-corrected chi connectivity index (χ4v) is 3.13. The maximum atomic E-state index is 11.9. The molecule has 0 heterocycles. The van der Waals surface area contributed by atoms with Gasteiger partial charge in [-0.05, 0) is 38.5 Å². The molecule has 0 bridgehead atoms. The molecule has 20 heavy (non-hydrogen) atoms. The number of carbonyl (C=O) groups is 2. The van der Waals surface area contributed by atoms with E-state index in [1.165, 1.54) is 0 Å². The van der Waals surface area contributed by atoms with Gasteiger partial charge >= 0.3 is 5.97 Å². The molecule has 2 N–H and O–H groups in total. The van der Waals surface area contributed by atoms with Crippen molar-refractivity contribution in [2.75, 3.05) is 6.54 Å². The summed E-state index contributed by atoms with van der Waals surface area (Å²) in [5.41, 5.74) is 0. The van der Waals surface area contributed by atoms with Gasteiger partial charge in [-0.15, -0.1) is 0 Å². The van der Waals surface area contributed by atoms with Gasteiger partial charge < -0.3 is 10.4 Å². The zero-order chi connectivity index (χ0) is 14.8. The number of unbranched alkanes of at least 4 members (excludes halogenated alkanes) is 4. The maximum absolute atomic E-state index is 11.9. The van der Waals surface area contributed by atoms with Crippen molar-refractivity contribution in [3.63, 3.8) is 0 Å². The van der Waals surface area contributed by atoms with Crippen molar-refractivity contribution in [1.29, 1.82) is 0 Å². The zero-order valence-electron chi connectivity index (χ0n) is 12.1. The fraction of sp³-hybridized carbons (Fsp3) is 0.867. The summed E-state index contributed by atoms with van der Waals surface area (Å²) in [6.07, 6.45) is 9.30. The smallest absolute Gasteiger partial charge is 0.303 e. The molecular weight excluding hydrogens is 322 g/mol. The first-order chi connectivity index (χ1) is 9.59. The lowest BCUT2D eigenvalue weighted by Crippen LogP contribution is -2.33. The van der Waals surface area contributed by atoms with Crippen molar-refractivity contribution in [3.8, 4) is 0 Å². The molecular formula is C15H26BrNO3. The van der Waals surface area contributed by atoms with Crippen LogP contribution in [-0.4, -0.2) is 28.4 Å². The molecule has 0 atom stereocenters. The van der Waals surface area contributed by atoms with Crippen LogP contribution >= 0.6 is 15.9 Å². The molecule has 0 aromatic carbocycles. The quantitative estimate of drug-likeness (QED) is 0.495. The molecule has 0 radical (unpaired) electrons. The summed E-state index contributed by atoms with van der Waals surface area (Å²) in [4.78, 5) is 22.8. The van der Waals surface area contributed by atoms with Crippen LogP contribution in [0.15, 0.2) is 0 Å². The summed E-state index contributed by atoms with van der Waals surface area (Å²) in [6.45, 7) is 0.756. The van der Waals surface area contributed by atoms with Gasteiger partial charge in [-0.2, -0.15) is 0 Å². The van der Waals surface area contributed by atoms with Crippen LogP contribution in [-0.2, 0) is 9.59 Å². The molecule has 0 saturated heterocycles. The van der Waals surface area contributed by atoms with E-state index in [4.69, 9.17) is 5.11 Å². The molecule has 1 aliphatic carbocycles. The highest BCUT2D eigenvalue weighted by Crippen LogP contribution is 2.28. The number of carbonyl (C=O) groups excluding carboxylic acids is 1. The van der Waals surface area contributed by atoms with Gasteiger partial charge in [-0.3, -0.25) is 9.59 Å².